The number of amides is 1. The summed E-state index contributed by atoms with van der Waals surface area (Å²) in [5.74, 6) is -0.290. The Morgan fingerprint density at radius 1 is 0.783 bits per heavy atom. The molecule has 0 fully saturated rings. The average molecular weight is 328 g/mol. The van der Waals surface area contributed by atoms with Crippen molar-refractivity contribution in [1.29, 1.82) is 0 Å². The molecule has 0 saturated carbocycles. The van der Waals surface area contributed by atoms with Crippen molar-refractivity contribution in [1.82, 2.24) is 5.32 Å². The normalized spacial score (nSPS) is 10.9. The van der Waals surface area contributed by atoms with Gasteiger partial charge in [0.2, 0.25) is 5.91 Å². The molecule has 136 valence electrons. The van der Waals surface area contributed by atoms with Crippen LogP contribution >= 0.6 is 0 Å². The molecule has 0 aliphatic rings. The second kappa shape index (κ2) is 15.8. The van der Waals surface area contributed by atoms with Crippen molar-refractivity contribution >= 4 is 11.9 Å². The third kappa shape index (κ3) is 18.9. The van der Waals surface area contributed by atoms with Gasteiger partial charge in [0.25, 0.3) is 0 Å². The number of carbonyl (C=O) groups is 2. The predicted molar refractivity (Wildman–Crippen MR) is 95.5 cm³/mol. The molecule has 0 atom stereocenters. The lowest BCUT2D eigenvalue weighted by molar-refractivity contribution is -0.137. The Morgan fingerprint density at radius 2 is 1.22 bits per heavy atom. The zero-order valence-corrected chi connectivity index (χ0v) is 15.2. The molecule has 0 heterocycles. The molecular weight excluding hydrogens is 290 g/mol. The summed E-state index contributed by atoms with van der Waals surface area (Å²) in [6.07, 6.45) is 15.7. The van der Waals surface area contributed by atoms with Crippen molar-refractivity contribution in [3.63, 3.8) is 0 Å². The summed E-state index contributed by atoms with van der Waals surface area (Å²) < 4.78 is 0. The van der Waals surface area contributed by atoms with E-state index in [0.29, 0.717) is 6.42 Å². The third-order valence-corrected chi connectivity index (χ3v) is 4.12. The number of aliphatic carboxylic acids is 1. The molecule has 0 unspecified atom stereocenters. The largest absolute Gasteiger partial charge is 0.480 e. The van der Waals surface area contributed by atoms with Crippen LogP contribution < -0.4 is 5.32 Å². The van der Waals surface area contributed by atoms with E-state index in [1.54, 1.807) is 0 Å². The number of carboxylic acid groups (broad SMARTS) is 1. The zero-order chi connectivity index (χ0) is 17.3. The van der Waals surface area contributed by atoms with E-state index in [1.807, 2.05) is 0 Å². The first-order chi connectivity index (χ1) is 11.0. The lowest BCUT2D eigenvalue weighted by Crippen LogP contribution is -2.28. The first kappa shape index (κ1) is 21.9. The van der Waals surface area contributed by atoms with Gasteiger partial charge in [-0.05, 0) is 12.3 Å². The molecule has 0 aromatic heterocycles. The van der Waals surface area contributed by atoms with E-state index in [1.165, 1.54) is 64.2 Å². The van der Waals surface area contributed by atoms with Gasteiger partial charge in [0.15, 0.2) is 0 Å². The Bertz CT molecular complexity index is 303. The van der Waals surface area contributed by atoms with Gasteiger partial charge >= 0.3 is 5.97 Å². The van der Waals surface area contributed by atoms with Gasteiger partial charge in [-0.25, -0.2) is 0 Å². The molecule has 0 aromatic carbocycles. The van der Waals surface area contributed by atoms with Crippen LogP contribution in [0.1, 0.15) is 97.3 Å². The number of unbranched alkanes of at least 4 members (excludes halogenated alkanes) is 10. The summed E-state index contributed by atoms with van der Waals surface area (Å²) in [6, 6.07) is 0. The Hall–Kier alpha value is -1.06. The highest BCUT2D eigenvalue weighted by Gasteiger charge is 2.03. The summed E-state index contributed by atoms with van der Waals surface area (Å²) in [6.45, 7) is 4.32. The van der Waals surface area contributed by atoms with Gasteiger partial charge in [0.05, 0.1) is 0 Å². The molecule has 0 aliphatic heterocycles. The number of rotatable bonds is 16. The SMILES string of the molecule is CC(C)CCCCCCCCCCCCCC(=O)NCC(=O)O. The molecule has 0 aromatic rings. The Morgan fingerprint density at radius 3 is 1.65 bits per heavy atom. The van der Waals surface area contributed by atoms with Crippen LogP contribution in [0.4, 0.5) is 0 Å². The van der Waals surface area contributed by atoms with Gasteiger partial charge in [0.1, 0.15) is 6.54 Å². The number of carboxylic acids is 1. The molecule has 4 nitrogen and oxygen atoms in total. The quantitative estimate of drug-likeness (QED) is 0.396. The third-order valence-electron chi connectivity index (χ3n) is 4.12. The van der Waals surface area contributed by atoms with Crippen molar-refractivity contribution in [3.8, 4) is 0 Å². The molecule has 0 spiro atoms. The van der Waals surface area contributed by atoms with Crippen molar-refractivity contribution in [2.24, 2.45) is 5.92 Å². The summed E-state index contributed by atoms with van der Waals surface area (Å²) in [5.41, 5.74) is 0. The van der Waals surface area contributed by atoms with Crippen LogP contribution in [0, 0.1) is 5.92 Å². The minimum absolute atomic E-state index is 0.148. The highest BCUT2D eigenvalue weighted by atomic mass is 16.4. The van der Waals surface area contributed by atoms with Gasteiger partial charge < -0.3 is 10.4 Å². The second-order valence-corrected chi connectivity index (χ2v) is 6.99. The molecule has 2 N–H and O–H groups in total. The van der Waals surface area contributed by atoms with Gasteiger partial charge in [-0.15, -0.1) is 0 Å². The lowest BCUT2D eigenvalue weighted by atomic mass is 10.0. The first-order valence-electron chi connectivity index (χ1n) is 9.51. The summed E-state index contributed by atoms with van der Waals surface area (Å²) in [5, 5.41) is 10.8. The highest BCUT2D eigenvalue weighted by Crippen LogP contribution is 2.14. The smallest absolute Gasteiger partial charge is 0.322 e. The summed E-state index contributed by atoms with van der Waals surface area (Å²) in [7, 11) is 0. The van der Waals surface area contributed by atoms with Gasteiger partial charge in [0, 0.05) is 6.42 Å². The number of nitrogens with one attached hydrogen (secondary N) is 1. The fourth-order valence-corrected chi connectivity index (χ4v) is 2.69. The molecule has 1 amide bonds. The van der Waals surface area contributed by atoms with E-state index >= 15 is 0 Å². The minimum atomic E-state index is -0.988. The van der Waals surface area contributed by atoms with E-state index in [4.69, 9.17) is 5.11 Å². The minimum Gasteiger partial charge on any atom is -0.480 e. The van der Waals surface area contributed by atoms with Crippen LogP contribution in [-0.4, -0.2) is 23.5 Å². The van der Waals surface area contributed by atoms with Crippen LogP contribution in [0.2, 0.25) is 0 Å². The molecule has 0 radical (unpaired) electrons. The van der Waals surface area contributed by atoms with Crippen LogP contribution in [0.25, 0.3) is 0 Å². The molecule has 4 heteroatoms. The number of hydrogen-bond donors (Lipinski definition) is 2. The first-order valence-corrected chi connectivity index (χ1v) is 9.51. The second-order valence-electron chi connectivity index (χ2n) is 6.99. The maximum atomic E-state index is 11.3. The lowest BCUT2D eigenvalue weighted by Gasteiger charge is -2.05. The van der Waals surface area contributed by atoms with Gasteiger partial charge in [-0.3, -0.25) is 9.59 Å². The number of hydrogen-bond acceptors (Lipinski definition) is 2. The topological polar surface area (TPSA) is 66.4 Å². The van der Waals surface area contributed by atoms with Crippen LogP contribution in [0.3, 0.4) is 0 Å². The molecular formula is C19H37NO3. The Kier molecular flexibility index (Phi) is 15.1. The van der Waals surface area contributed by atoms with Crippen molar-refractivity contribution in [2.45, 2.75) is 97.3 Å². The average Bonchev–Trinajstić information content (AvgIpc) is 2.49. The van der Waals surface area contributed by atoms with E-state index in [-0.39, 0.29) is 12.5 Å². The summed E-state index contributed by atoms with van der Waals surface area (Å²) >= 11 is 0. The number of carbonyl (C=O) groups excluding carboxylic acids is 1. The predicted octanol–water partition coefficient (Wildman–Crippen LogP) is 4.91. The fraction of sp³-hybridized carbons (Fsp3) is 0.895. The zero-order valence-electron chi connectivity index (χ0n) is 15.2. The molecule has 23 heavy (non-hydrogen) atoms. The molecule has 0 aliphatic carbocycles. The van der Waals surface area contributed by atoms with E-state index in [2.05, 4.69) is 19.2 Å². The Labute approximate surface area is 142 Å². The van der Waals surface area contributed by atoms with Crippen molar-refractivity contribution in [3.05, 3.63) is 0 Å². The highest BCUT2D eigenvalue weighted by molar-refractivity contribution is 5.80. The van der Waals surface area contributed by atoms with E-state index in [0.717, 1.165) is 18.8 Å². The fourth-order valence-electron chi connectivity index (χ4n) is 2.69. The van der Waals surface area contributed by atoms with Crippen molar-refractivity contribution in [2.75, 3.05) is 6.54 Å². The monoisotopic (exact) mass is 327 g/mol. The van der Waals surface area contributed by atoms with E-state index < -0.39 is 5.97 Å². The van der Waals surface area contributed by atoms with Gasteiger partial charge in [-0.1, -0.05) is 84.5 Å². The van der Waals surface area contributed by atoms with Crippen molar-refractivity contribution < 1.29 is 14.7 Å². The van der Waals surface area contributed by atoms with Gasteiger partial charge in [-0.2, -0.15) is 0 Å². The maximum Gasteiger partial charge on any atom is 0.322 e. The molecule has 0 saturated heterocycles. The van der Waals surface area contributed by atoms with E-state index in [9.17, 15) is 9.59 Å². The Balaban J connectivity index is 3.13. The molecule has 0 rings (SSSR count). The maximum absolute atomic E-state index is 11.3. The summed E-state index contributed by atoms with van der Waals surface area (Å²) in [4.78, 5) is 21.6. The van der Waals surface area contributed by atoms with Crippen LogP contribution in [-0.2, 0) is 9.59 Å². The van der Waals surface area contributed by atoms with Crippen LogP contribution in [0.5, 0.6) is 0 Å². The standard InChI is InChI=1S/C19H37NO3/c1-17(2)14-12-10-8-6-4-3-5-7-9-11-13-15-18(21)20-16-19(22)23/h17H,3-16H2,1-2H3,(H,20,21)(H,22,23). The van der Waals surface area contributed by atoms with Crippen LogP contribution in [0.15, 0.2) is 0 Å². The molecule has 0 bridgehead atoms.